The van der Waals surface area contributed by atoms with Crippen LogP contribution in [0.3, 0.4) is 0 Å². The van der Waals surface area contributed by atoms with E-state index >= 15 is 0 Å². The highest BCUT2D eigenvalue weighted by Gasteiger charge is 2.21. The second-order valence-corrected chi connectivity index (χ2v) is 7.70. The summed E-state index contributed by atoms with van der Waals surface area (Å²) >= 11 is 0. The molecule has 0 N–H and O–H groups in total. The topological polar surface area (TPSA) is 40.6 Å². The van der Waals surface area contributed by atoms with Gasteiger partial charge in [0, 0.05) is 61.1 Å². The second kappa shape index (κ2) is 7.77. The minimum Gasteiger partial charge on any atom is -0.368 e. The molecule has 1 heterocycles. The van der Waals surface area contributed by atoms with Crippen molar-refractivity contribution in [2.24, 2.45) is 0 Å². The molecule has 5 heteroatoms. The van der Waals surface area contributed by atoms with Crippen molar-refractivity contribution >= 4 is 22.4 Å². The average molecular weight is 322 g/mol. The molecule has 1 amide bonds. The van der Waals surface area contributed by atoms with E-state index in [1.54, 1.807) is 6.26 Å². The first-order valence-corrected chi connectivity index (χ1v) is 9.63. The molecule has 1 fully saturated rings. The zero-order valence-electron chi connectivity index (χ0n) is 13.7. The van der Waals surface area contributed by atoms with Crippen molar-refractivity contribution in [3.8, 4) is 0 Å². The molecule has 0 radical (unpaired) electrons. The van der Waals surface area contributed by atoms with Gasteiger partial charge in [0.2, 0.25) is 5.91 Å². The number of piperazine rings is 1. The molecule has 0 aromatic heterocycles. The highest BCUT2D eigenvalue weighted by Crippen LogP contribution is 2.21. The molecule has 1 unspecified atom stereocenters. The Balaban J connectivity index is 1.86. The summed E-state index contributed by atoms with van der Waals surface area (Å²) in [4.78, 5) is 16.3. The summed E-state index contributed by atoms with van der Waals surface area (Å²) in [5.41, 5.74) is 2.58. The van der Waals surface area contributed by atoms with Gasteiger partial charge in [-0.2, -0.15) is 0 Å². The van der Waals surface area contributed by atoms with Gasteiger partial charge in [-0.05, 0) is 23.6 Å². The van der Waals surface area contributed by atoms with E-state index in [0.29, 0.717) is 18.1 Å². The van der Waals surface area contributed by atoms with Crippen LogP contribution in [0.2, 0.25) is 0 Å². The SMILES string of the molecule is CC(C)c1ccc(N2CCN(C(=O)CCS(C)=O)CC2)cc1. The molecule has 2 rings (SSSR count). The standard InChI is InChI=1S/C17H26N2O2S/c1-14(2)15-4-6-16(7-5-15)18-9-11-19(12-10-18)17(20)8-13-22(3)21/h4-7,14H,8-13H2,1-3H3. The quantitative estimate of drug-likeness (QED) is 0.835. The number of anilines is 1. The minimum atomic E-state index is -0.891. The van der Waals surface area contributed by atoms with Crippen molar-refractivity contribution in [3.63, 3.8) is 0 Å². The largest absolute Gasteiger partial charge is 0.368 e. The van der Waals surface area contributed by atoms with Gasteiger partial charge in [-0.25, -0.2) is 0 Å². The Morgan fingerprint density at radius 3 is 2.23 bits per heavy atom. The molecular weight excluding hydrogens is 296 g/mol. The van der Waals surface area contributed by atoms with Gasteiger partial charge in [-0.15, -0.1) is 0 Å². The molecule has 1 aromatic carbocycles. The summed E-state index contributed by atoms with van der Waals surface area (Å²) in [5, 5.41) is 0. The summed E-state index contributed by atoms with van der Waals surface area (Å²) in [6.45, 7) is 7.62. The van der Waals surface area contributed by atoms with Gasteiger partial charge in [0.1, 0.15) is 0 Å². The maximum Gasteiger partial charge on any atom is 0.223 e. The fourth-order valence-corrected chi connectivity index (χ4v) is 3.14. The lowest BCUT2D eigenvalue weighted by Gasteiger charge is -2.36. The number of amides is 1. The maximum atomic E-state index is 12.0. The predicted molar refractivity (Wildman–Crippen MR) is 92.9 cm³/mol. The molecule has 0 aliphatic carbocycles. The van der Waals surface area contributed by atoms with Crippen LogP contribution in [0.25, 0.3) is 0 Å². The van der Waals surface area contributed by atoms with Crippen LogP contribution in [-0.2, 0) is 15.6 Å². The summed E-state index contributed by atoms with van der Waals surface area (Å²) in [6, 6.07) is 8.72. The monoisotopic (exact) mass is 322 g/mol. The smallest absolute Gasteiger partial charge is 0.223 e. The number of nitrogens with zero attached hydrogens (tertiary/aromatic N) is 2. The Labute approximate surface area is 135 Å². The predicted octanol–water partition coefficient (Wildman–Crippen LogP) is 2.23. The van der Waals surface area contributed by atoms with Gasteiger partial charge in [0.25, 0.3) is 0 Å². The Kier molecular flexibility index (Phi) is 6.00. The van der Waals surface area contributed by atoms with Crippen molar-refractivity contribution < 1.29 is 9.00 Å². The van der Waals surface area contributed by atoms with Gasteiger partial charge in [0.15, 0.2) is 0 Å². The molecule has 1 saturated heterocycles. The van der Waals surface area contributed by atoms with E-state index in [9.17, 15) is 9.00 Å². The van der Waals surface area contributed by atoms with E-state index < -0.39 is 10.8 Å². The molecule has 1 atom stereocenters. The van der Waals surface area contributed by atoms with E-state index in [1.165, 1.54) is 11.3 Å². The summed E-state index contributed by atoms with van der Waals surface area (Å²) in [5.74, 6) is 1.15. The fraction of sp³-hybridized carbons (Fsp3) is 0.588. The van der Waals surface area contributed by atoms with E-state index in [2.05, 4.69) is 43.0 Å². The van der Waals surface area contributed by atoms with Gasteiger partial charge in [0.05, 0.1) is 0 Å². The molecule has 1 aliphatic rings. The molecule has 22 heavy (non-hydrogen) atoms. The van der Waals surface area contributed by atoms with Gasteiger partial charge in [-0.3, -0.25) is 9.00 Å². The van der Waals surface area contributed by atoms with Crippen molar-refractivity contribution in [1.82, 2.24) is 4.90 Å². The highest BCUT2D eigenvalue weighted by molar-refractivity contribution is 7.84. The average Bonchev–Trinajstić information content (AvgIpc) is 2.53. The van der Waals surface area contributed by atoms with Crippen LogP contribution in [0.15, 0.2) is 24.3 Å². The second-order valence-electron chi connectivity index (χ2n) is 6.14. The van der Waals surface area contributed by atoms with Crippen molar-refractivity contribution in [2.45, 2.75) is 26.2 Å². The van der Waals surface area contributed by atoms with Crippen LogP contribution >= 0.6 is 0 Å². The molecular formula is C17H26N2O2S. The lowest BCUT2D eigenvalue weighted by atomic mass is 10.0. The number of hydrogen-bond donors (Lipinski definition) is 0. The van der Waals surface area contributed by atoms with E-state index in [1.807, 2.05) is 4.90 Å². The third-order valence-corrected chi connectivity index (χ3v) is 4.94. The zero-order chi connectivity index (χ0) is 16.1. The van der Waals surface area contributed by atoms with E-state index in [4.69, 9.17) is 0 Å². The molecule has 4 nitrogen and oxygen atoms in total. The number of benzene rings is 1. The fourth-order valence-electron chi connectivity index (χ4n) is 2.67. The summed E-state index contributed by atoms with van der Waals surface area (Å²) in [6.07, 6.45) is 2.04. The third kappa shape index (κ3) is 4.57. The summed E-state index contributed by atoms with van der Waals surface area (Å²) in [7, 11) is -0.891. The van der Waals surface area contributed by atoms with Crippen LogP contribution in [-0.4, -0.2) is 53.2 Å². The maximum absolute atomic E-state index is 12.0. The van der Waals surface area contributed by atoms with E-state index in [-0.39, 0.29) is 5.91 Å². The first kappa shape index (κ1) is 17.0. The Morgan fingerprint density at radius 2 is 1.73 bits per heavy atom. The normalized spacial score (nSPS) is 16.9. The van der Waals surface area contributed by atoms with Crippen molar-refractivity contribution in [2.75, 3.05) is 43.1 Å². The Bertz CT molecular complexity index is 520. The van der Waals surface area contributed by atoms with Crippen molar-refractivity contribution in [3.05, 3.63) is 29.8 Å². The Hall–Kier alpha value is -1.36. The van der Waals surface area contributed by atoms with Crippen LogP contribution < -0.4 is 4.90 Å². The van der Waals surface area contributed by atoms with Gasteiger partial charge < -0.3 is 9.80 Å². The minimum absolute atomic E-state index is 0.130. The number of hydrogen-bond acceptors (Lipinski definition) is 3. The lowest BCUT2D eigenvalue weighted by Crippen LogP contribution is -2.49. The van der Waals surface area contributed by atoms with E-state index in [0.717, 1.165) is 26.2 Å². The van der Waals surface area contributed by atoms with Crippen LogP contribution in [0.4, 0.5) is 5.69 Å². The summed E-state index contributed by atoms with van der Waals surface area (Å²) < 4.78 is 11.1. The van der Waals surface area contributed by atoms with Gasteiger partial charge in [-0.1, -0.05) is 26.0 Å². The lowest BCUT2D eigenvalue weighted by molar-refractivity contribution is -0.131. The molecule has 1 aliphatic heterocycles. The number of carbonyl (C=O) groups is 1. The molecule has 0 bridgehead atoms. The van der Waals surface area contributed by atoms with Crippen LogP contribution in [0.5, 0.6) is 0 Å². The Morgan fingerprint density at radius 1 is 1.14 bits per heavy atom. The van der Waals surface area contributed by atoms with Crippen LogP contribution in [0, 0.1) is 0 Å². The first-order valence-electron chi connectivity index (χ1n) is 7.90. The first-order chi connectivity index (χ1) is 10.5. The number of rotatable bonds is 5. The molecule has 0 saturated carbocycles. The van der Waals surface area contributed by atoms with Crippen molar-refractivity contribution in [1.29, 1.82) is 0 Å². The molecule has 1 aromatic rings. The molecule has 122 valence electrons. The third-order valence-electron chi connectivity index (χ3n) is 4.16. The number of carbonyl (C=O) groups excluding carboxylic acids is 1. The van der Waals surface area contributed by atoms with Gasteiger partial charge >= 0.3 is 0 Å². The zero-order valence-corrected chi connectivity index (χ0v) is 14.6. The molecule has 0 spiro atoms. The highest BCUT2D eigenvalue weighted by atomic mass is 32.2. The van der Waals surface area contributed by atoms with Crippen LogP contribution in [0.1, 0.15) is 31.7 Å².